The van der Waals surface area contributed by atoms with E-state index in [1.165, 1.54) is 6.66 Å². The molecular formula is C7H16NO4P. The Morgan fingerprint density at radius 1 is 1.46 bits per heavy atom. The molecule has 78 valence electrons. The predicted molar refractivity (Wildman–Crippen MR) is 49.5 cm³/mol. The lowest BCUT2D eigenvalue weighted by Gasteiger charge is -2.12. The van der Waals surface area contributed by atoms with Crippen molar-refractivity contribution in [1.82, 2.24) is 0 Å². The second-order valence-corrected chi connectivity index (χ2v) is 4.76. The van der Waals surface area contributed by atoms with E-state index in [4.69, 9.17) is 14.8 Å². The van der Waals surface area contributed by atoms with Gasteiger partial charge < -0.3 is 10.3 Å². The number of carbonyl (C=O) groups excluding carboxylic acids is 1. The van der Waals surface area contributed by atoms with Crippen LogP contribution in [-0.2, 0) is 18.4 Å². The zero-order valence-electron chi connectivity index (χ0n) is 7.99. The van der Waals surface area contributed by atoms with Crippen molar-refractivity contribution in [2.75, 3.05) is 19.9 Å². The van der Waals surface area contributed by atoms with Gasteiger partial charge in [-0.2, -0.15) is 0 Å². The first-order chi connectivity index (χ1) is 5.98. The molecule has 0 saturated heterocycles. The molecule has 0 fully saturated rings. The molecule has 0 rings (SSSR count). The average Bonchev–Trinajstić information content (AvgIpc) is 2.02. The maximum atomic E-state index is 11.3. The predicted octanol–water partition coefficient (Wildman–Crippen LogP) is 1.13. The van der Waals surface area contributed by atoms with Gasteiger partial charge in [-0.25, -0.2) is 0 Å². The van der Waals surface area contributed by atoms with Gasteiger partial charge in [0.15, 0.2) is 0 Å². The summed E-state index contributed by atoms with van der Waals surface area (Å²) in [7, 11) is -3.08. The Kier molecular flexibility index (Phi) is 5.95. The molecule has 0 aliphatic heterocycles. The second-order valence-electron chi connectivity index (χ2n) is 2.70. The molecule has 0 aliphatic carbocycles. The molecule has 1 amide bonds. The van der Waals surface area contributed by atoms with E-state index in [1.54, 1.807) is 0 Å². The van der Waals surface area contributed by atoms with E-state index < -0.39 is 13.5 Å². The lowest BCUT2D eigenvalue weighted by Crippen LogP contribution is -2.17. The molecule has 1 unspecified atom stereocenters. The van der Waals surface area contributed by atoms with E-state index in [0.717, 1.165) is 12.8 Å². The smallest absolute Gasteiger partial charge is 0.328 e. The van der Waals surface area contributed by atoms with Crippen molar-refractivity contribution in [2.24, 2.45) is 5.73 Å². The number of nitrogens with two attached hydrogens (primary N) is 1. The maximum absolute atomic E-state index is 11.3. The third kappa shape index (κ3) is 7.96. The van der Waals surface area contributed by atoms with Crippen LogP contribution in [0.2, 0.25) is 0 Å². The number of amides is 1. The summed E-state index contributed by atoms with van der Waals surface area (Å²) in [6.45, 7) is 3.34. The van der Waals surface area contributed by atoms with Crippen LogP contribution in [0.25, 0.3) is 0 Å². The highest BCUT2D eigenvalue weighted by Gasteiger charge is 2.17. The molecule has 0 aliphatic rings. The van der Waals surface area contributed by atoms with Crippen LogP contribution in [0.1, 0.15) is 19.8 Å². The largest absolute Gasteiger partial charge is 0.368 e. The van der Waals surface area contributed by atoms with Crippen LogP contribution in [0.3, 0.4) is 0 Å². The van der Waals surface area contributed by atoms with Crippen LogP contribution >= 0.6 is 7.60 Å². The molecular weight excluding hydrogens is 193 g/mol. The molecule has 0 bridgehead atoms. The highest BCUT2D eigenvalue weighted by atomic mass is 31.2. The molecule has 2 N–H and O–H groups in total. The van der Waals surface area contributed by atoms with Gasteiger partial charge in [-0.05, 0) is 6.42 Å². The first-order valence-electron chi connectivity index (χ1n) is 4.13. The molecule has 0 aromatic carbocycles. The fraction of sp³-hybridized carbons (Fsp3) is 0.857. The van der Waals surface area contributed by atoms with Crippen molar-refractivity contribution in [3.8, 4) is 0 Å². The summed E-state index contributed by atoms with van der Waals surface area (Å²) in [5.74, 6) is -0.652. The number of primary amides is 1. The monoisotopic (exact) mass is 209 g/mol. The number of carbonyl (C=O) groups is 1. The Morgan fingerprint density at radius 3 is 2.54 bits per heavy atom. The molecule has 0 saturated carbocycles. The number of rotatable bonds is 7. The van der Waals surface area contributed by atoms with E-state index in [2.05, 4.69) is 0 Å². The van der Waals surface area contributed by atoms with Crippen LogP contribution < -0.4 is 5.73 Å². The summed E-state index contributed by atoms with van der Waals surface area (Å²) in [5, 5.41) is 0. The van der Waals surface area contributed by atoms with Crippen LogP contribution in [0.15, 0.2) is 0 Å². The zero-order valence-corrected chi connectivity index (χ0v) is 8.88. The van der Waals surface area contributed by atoms with Crippen molar-refractivity contribution in [3.63, 3.8) is 0 Å². The Balaban J connectivity index is 3.67. The van der Waals surface area contributed by atoms with Gasteiger partial charge in [-0.15, -0.1) is 0 Å². The van der Waals surface area contributed by atoms with E-state index in [1.807, 2.05) is 6.92 Å². The first kappa shape index (κ1) is 12.6. The number of hydrogen-bond donors (Lipinski definition) is 1. The Bertz CT molecular complexity index is 207. The summed E-state index contributed by atoms with van der Waals surface area (Å²) in [5.41, 5.74) is 4.81. The van der Waals surface area contributed by atoms with Crippen molar-refractivity contribution in [2.45, 2.75) is 19.8 Å². The molecule has 6 heteroatoms. The van der Waals surface area contributed by atoms with Gasteiger partial charge in [0.25, 0.3) is 0 Å². The van der Waals surface area contributed by atoms with Gasteiger partial charge >= 0.3 is 7.60 Å². The third-order valence-corrected chi connectivity index (χ3v) is 2.51. The van der Waals surface area contributed by atoms with Crippen molar-refractivity contribution in [1.29, 1.82) is 0 Å². The lowest BCUT2D eigenvalue weighted by atomic mass is 10.4. The molecule has 5 nitrogen and oxygen atoms in total. The minimum atomic E-state index is -3.08. The maximum Gasteiger partial charge on any atom is 0.328 e. The van der Waals surface area contributed by atoms with Crippen LogP contribution in [0.5, 0.6) is 0 Å². The molecule has 0 spiro atoms. The minimum Gasteiger partial charge on any atom is -0.368 e. The summed E-state index contributed by atoms with van der Waals surface area (Å²) in [4.78, 5) is 10.3. The SMILES string of the molecule is CCCCOP(C)(=O)OCC(N)=O. The zero-order chi connectivity index (χ0) is 10.3. The minimum absolute atomic E-state index is 0.361. The quantitative estimate of drug-likeness (QED) is 0.503. The number of hydrogen-bond acceptors (Lipinski definition) is 4. The third-order valence-electron chi connectivity index (χ3n) is 1.27. The molecule has 0 heterocycles. The summed E-state index contributed by atoms with van der Waals surface area (Å²) in [6.07, 6.45) is 1.77. The molecule has 13 heavy (non-hydrogen) atoms. The summed E-state index contributed by atoms with van der Waals surface area (Å²) < 4.78 is 21.0. The van der Waals surface area contributed by atoms with Crippen molar-refractivity contribution >= 4 is 13.5 Å². The average molecular weight is 209 g/mol. The summed E-state index contributed by atoms with van der Waals surface area (Å²) >= 11 is 0. The van der Waals surface area contributed by atoms with Crippen LogP contribution in [0.4, 0.5) is 0 Å². The Labute approximate surface area is 78.1 Å². The Hall–Kier alpha value is -0.380. The van der Waals surface area contributed by atoms with Crippen molar-refractivity contribution < 1.29 is 18.4 Å². The summed E-state index contributed by atoms with van der Waals surface area (Å²) in [6, 6.07) is 0. The van der Waals surface area contributed by atoms with Gasteiger partial charge in [0, 0.05) is 6.66 Å². The van der Waals surface area contributed by atoms with Crippen LogP contribution in [0, 0.1) is 0 Å². The van der Waals surface area contributed by atoms with E-state index in [-0.39, 0.29) is 6.61 Å². The van der Waals surface area contributed by atoms with E-state index in [0.29, 0.717) is 6.61 Å². The van der Waals surface area contributed by atoms with E-state index in [9.17, 15) is 9.36 Å². The standard InChI is InChI=1S/C7H16NO4P/c1-3-4-5-11-13(2,10)12-6-7(8)9/h3-6H2,1-2H3,(H2,8,9). The Morgan fingerprint density at radius 2 is 2.08 bits per heavy atom. The van der Waals surface area contributed by atoms with Gasteiger partial charge in [0.2, 0.25) is 5.91 Å². The molecule has 0 aromatic heterocycles. The highest BCUT2D eigenvalue weighted by Crippen LogP contribution is 2.43. The fourth-order valence-electron chi connectivity index (χ4n) is 0.593. The topological polar surface area (TPSA) is 78.6 Å². The van der Waals surface area contributed by atoms with E-state index >= 15 is 0 Å². The van der Waals surface area contributed by atoms with Gasteiger partial charge in [-0.1, -0.05) is 13.3 Å². The van der Waals surface area contributed by atoms with Gasteiger partial charge in [0.1, 0.15) is 6.61 Å². The molecule has 1 atom stereocenters. The molecule has 0 aromatic rings. The normalized spacial score (nSPS) is 15.2. The second kappa shape index (κ2) is 6.13. The first-order valence-corrected chi connectivity index (χ1v) is 6.12. The number of unbranched alkanes of at least 4 members (excludes halogenated alkanes) is 1. The highest BCUT2D eigenvalue weighted by molar-refractivity contribution is 7.53. The van der Waals surface area contributed by atoms with Gasteiger partial charge in [0.05, 0.1) is 6.61 Å². The lowest BCUT2D eigenvalue weighted by molar-refractivity contribution is -0.120. The fourth-order valence-corrected chi connectivity index (χ4v) is 1.49. The van der Waals surface area contributed by atoms with Crippen molar-refractivity contribution in [3.05, 3.63) is 0 Å². The molecule has 0 radical (unpaired) electrons. The van der Waals surface area contributed by atoms with Gasteiger partial charge in [-0.3, -0.25) is 13.9 Å². The van der Waals surface area contributed by atoms with Crippen LogP contribution in [-0.4, -0.2) is 25.8 Å².